The van der Waals surface area contributed by atoms with Crippen LogP contribution in [0.25, 0.3) is 11.3 Å². The van der Waals surface area contributed by atoms with Crippen molar-refractivity contribution in [2.24, 2.45) is 5.41 Å². The number of alkyl halides is 2. The summed E-state index contributed by atoms with van der Waals surface area (Å²) in [5.74, 6) is 0.283. The zero-order chi connectivity index (χ0) is 43.4. The van der Waals surface area contributed by atoms with Gasteiger partial charge in [0.15, 0.2) is 11.5 Å². The molecule has 3 saturated heterocycles. The van der Waals surface area contributed by atoms with Gasteiger partial charge in [0.1, 0.15) is 18.1 Å². The fourth-order valence-corrected chi connectivity index (χ4v) is 9.13. The first-order valence-electron chi connectivity index (χ1n) is 20.9. The van der Waals surface area contributed by atoms with Gasteiger partial charge in [-0.1, -0.05) is 30.8 Å². The molecule has 0 bridgehead atoms. The van der Waals surface area contributed by atoms with Crippen LogP contribution in [0.3, 0.4) is 0 Å². The second-order valence-electron chi connectivity index (χ2n) is 16.9. The Morgan fingerprint density at radius 1 is 0.855 bits per heavy atom. The molecule has 6 heterocycles. The van der Waals surface area contributed by atoms with Crippen molar-refractivity contribution in [1.82, 2.24) is 19.7 Å². The summed E-state index contributed by atoms with van der Waals surface area (Å²) in [6, 6.07) is 18.8. The van der Waals surface area contributed by atoms with E-state index in [1.807, 2.05) is 41.0 Å². The van der Waals surface area contributed by atoms with E-state index in [9.17, 15) is 32.8 Å². The highest BCUT2D eigenvalue weighted by molar-refractivity contribution is 6.01. The van der Waals surface area contributed by atoms with Gasteiger partial charge >= 0.3 is 6.29 Å². The van der Waals surface area contributed by atoms with E-state index in [1.54, 1.807) is 30.3 Å². The molecule has 62 heavy (non-hydrogen) atoms. The number of rotatable bonds is 10. The zero-order valence-corrected chi connectivity index (χ0v) is 34.3. The van der Waals surface area contributed by atoms with Crippen LogP contribution in [-0.4, -0.2) is 101 Å². The zero-order valence-electron chi connectivity index (χ0n) is 34.3. The van der Waals surface area contributed by atoms with Gasteiger partial charge in [0.2, 0.25) is 29.5 Å². The fourth-order valence-electron chi connectivity index (χ4n) is 9.13. The highest BCUT2D eigenvalue weighted by Gasteiger charge is 2.53. The maximum absolute atomic E-state index is 13.9. The minimum absolute atomic E-state index is 0.0433. The SMILES string of the molecule is C=CC(=O)N1CCN(c2ccc(CCC(=O)N3CCC4(CCN(C(=O)c5cccc(-c6nc(NC(=O)C7(c8ccc9c(c8)OC(F)(F)O9)CC7)ccc6C)c5)CC4)C3)o2)C(=O)C1. The predicted octanol–water partition coefficient (Wildman–Crippen LogP) is 6.09. The minimum Gasteiger partial charge on any atom is -0.445 e. The smallest absolute Gasteiger partial charge is 0.445 e. The van der Waals surface area contributed by atoms with Crippen LogP contribution in [0, 0.1) is 12.3 Å². The Morgan fingerprint density at radius 3 is 2.35 bits per heavy atom. The molecule has 2 aromatic carbocycles. The van der Waals surface area contributed by atoms with Crippen molar-refractivity contribution in [3.05, 3.63) is 102 Å². The molecule has 4 fully saturated rings. The second-order valence-corrected chi connectivity index (χ2v) is 16.9. The van der Waals surface area contributed by atoms with Crippen LogP contribution < -0.4 is 19.7 Å². The number of furan rings is 1. The Balaban J connectivity index is 0.775. The monoisotopic (exact) mass is 848 g/mol. The number of likely N-dealkylation sites (tertiary alicyclic amines) is 2. The van der Waals surface area contributed by atoms with Crippen LogP contribution in [0.1, 0.15) is 65.8 Å². The number of halogens is 2. The molecule has 2 aromatic heterocycles. The number of amides is 5. The van der Waals surface area contributed by atoms with Crippen LogP contribution in [0.5, 0.6) is 11.5 Å². The van der Waals surface area contributed by atoms with Gasteiger partial charge in [-0.3, -0.25) is 28.9 Å². The van der Waals surface area contributed by atoms with Gasteiger partial charge in [0, 0.05) is 69.3 Å². The number of hydrogen-bond donors (Lipinski definition) is 1. The Kier molecular flexibility index (Phi) is 10.3. The molecule has 0 unspecified atom stereocenters. The lowest BCUT2D eigenvalue weighted by molar-refractivity contribution is -0.286. The molecule has 1 N–H and O–H groups in total. The number of nitrogens with one attached hydrogen (secondary N) is 1. The number of piperazine rings is 1. The van der Waals surface area contributed by atoms with Gasteiger partial charge in [-0.2, -0.15) is 0 Å². The average Bonchev–Trinajstić information content (AvgIpc) is 3.60. The van der Waals surface area contributed by atoms with Gasteiger partial charge in [0.25, 0.3) is 5.91 Å². The van der Waals surface area contributed by atoms with E-state index in [0.29, 0.717) is 92.8 Å². The summed E-state index contributed by atoms with van der Waals surface area (Å²) in [5.41, 5.74) is 2.31. The maximum Gasteiger partial charge on any atom is 0.586 e. The summed E-state index contributed by atoms with van der Waals surface area (Å²) < 4.78 is 42.3. The Hall–Kier alpha value is -6.58. The van der Waals surface area contributed by atoms with Gasteiger partial charge < -0.3 is 33.9 Å². The van der Waals surface area contributed by atoms with Crippen LogP contribution in [0.4, 0.5) is 20.5 Å². The van der Waals surface area contributed by atoms with Crippen LogP contribution in [0.15, 0.2) is 83.8 Å². The van der Waals surface area contributed by atoms with Crippen molar-refractivity contribution >= 4 is 41.2 Å². The van der Waals surface area contributed by atoms with E-state index >= 15 is 0 Å². The minimum atomic E-state index is -3.75. The van der Waals surface area contributed by atoms with E-state index in [2.05, 4.69) is 21.4 Å². The third-order valence-corrected chi connectivity index (χ3v) is 13.0. The topological polar surface area (TPSA) is 155 Å². The summed E-state index contributed by atoms with van der Waals surface area (Å²) in [6.07, 6.45) is 1.63. The highest BCUT2D eigenvalue weighted by Crippen LogP contribution is 2.52. The summed E-state index contributed by atoms with van der Waals surface area (Å²) in [4.78, 5) is 77.0. The molecular weight excluding hydrogens is 803 g/mol. The summed E-state index contributed by atoms with van der Waals surface area (Å²) in [7, 11) is 0. The number of carbonyl (C=O) groups excluding carboxylic acids is 5. The van der Waals surface area contributed by atoms with Crippen molar-refractivity contribution in [2.75, 3.05) is 56.0 Å². The van der Waals surface area contributed by atoms with E-state index < -0.39 is 11.7 Å². The largest absolute Gasteiger partial charge is 0.586 e. The average molecular weight is 849 g/mol. The van der Waals surface area contributed by atoms with Gasteiger partial charge in [-0.15, -0.1) is 8.78 Å². The van der Waals surface area contributed by atoms with E-state index in [-0.39, 0.29) is 59.4 Å². The molecule has 1 aliphatic carbocycles. The number of nitrogens with zero attached hydrogens (tertiary/aromatic N) is 5. The summed E-state index contributed by atoms with van der Waals surface area (Å²) in [5, 5.41) is 2.92. The van der Waals surface area contributed by atoms with Crippen molar-refractivity contribution in [1.29, 1.82) is 0 Å². The first-order valence-corrected chi connectivity index (χ1v) is 20.9. The number of aromatic nitrogens is 1. The third-order valence-electron chi connectivity index (χ3n) is 13.0. The number of aryl methyl sites for hydroxylation is 2. The number of piperidine rings is 1. The molecule has 1 saturated carbocycles. The number of carbonyl (C=O) groups is 5. The lowest BCUT2D eigenvalue weighted by Gasteiger charge is -2.39. The second kappa shape index (κ2) is 15.7. The number of benzene rings is 2. The molecule has 0 atom stereocenters. The van der Waals surface area contributed by atoms with Crippen LogP contribution in [0.2, 0.25) is 0 Å². The molecule has 9 rings (SSSR count). The lowest BCUT2D eigenvalue weighted by atomic mass is 9.77. The number of anilines is 2. The van der Waals surface area contributed by atoms with Gasteiger partial charge in [-0.05, 0) is 98.0 Å². The normalized spacial score (nSPS) is 19.4. The predicted molar refractivity (Wildman–Crippen MR) is 222 cm³/mol. The van der Waals surface area contributed by atoms with E-state index in [4.69, 9.17) is 9.40 Å². The van der Waals surface area contributed by atoms with Crippen molar-refractivity contribution in [2.45, 2.75) is 63.6 Å². The van der Waals surface area contributed by atoms with Crippen molar-refractivity contribution in [3.8, 4) is 22.8 Å². The Labute approximate surface area is 356 Å². The molecule has 16 heteroatoms. The molecule has 1 spiro atoms. The standard InChI is InChI=1S/C46H46F2N6O8/c1-3-37(55)52-23-24-54(39(57)27-52)40-14-10-33(60-40)9-13-38(56)53-22-19-44(28-53)17-20-51(21-18-44)42(58)31-6-4-5-30(25-31)41-29(2)7-12-36(49-41)50-43(59)45(15-16-45)32-8-11-34-35(26-32)62-46(47,48)61-34/h3-8,10-12,14,25-26H,1,9,13,15-24,27-28H2,2H3,(H,49,50,59). The van der Waals surface area contributed by atoms with E-state index in [0.717, 1.165) is 30.4 Å². The maximum atomic E-state index is 13.9. The quantitative estimate of drug-likeness (QED) is 0.187. The molecule has 5 aliphatic rings. The number of pyridine rings is 1. The molecule has 0 radical (unpaired) electrons. The molecule has 4 aromatic rings. The Morgan fingerprint density at radius 2 is 1.61 bits per heavy atom. The number of hydrogen-bond acceptors (Lipinski definition) is 9. The molecule has 4 aliphatic heterocycles. The highest BCUT2D eigenvalue weighted by atomic mass is 19.3. The van der Waals surface area contributed by atoms with Crippen LogP contribution >= 0.6 is 0 Å². The fraction of sp³-hybridized carbons (Fsp3) is 0.391. The molecule has 14 nitrogen and oxygen atoms in total. The molecule has 5 amide bonds. The number of ether oxygens (including phenoxy) is 2. The number of fused-ring (bicyclic) bond motifs is 1. The van der Waals surface area contributed by atoms with Gasteiger partial charge in [-0.25, -0.2) is 4.98 Å². The van der Waals surface area contributed by atoms with Crippen molar-refractivity contribution in [3.63, 3.8) is 0 Å². The van der Waals surface area contributed by atoms with Gasteiger partial charge in [0.05, 0.1) is 11.1 Å². The van der Waals surface area contributed by atoms with E-state index in [1.165, 1.54) is 28.0 Å². The molecule has 322 valence electrons. The first-order chi connectivity index (χ1) is 29.7. The first kappa shape index (κ1) is 40.8. The third kappa shape index (κ3) is 7.89. The summed E-state index contributed by atoms with van der Waals surface area (Å²) >= 11 is 0. The lowest BCUT2D eigenvalue weighted by Crippen LogP contribution is -2.52. The summed E-state index contributed by atoms with van der Waals surface area (Å²) in [6.45, 7) is 8.48. The Bertz CT molecular complexity index is 2490. The molecular formula is C46H46F2N6O8. The van der Waals surface area contributed by atoms with Crippen LogP contribution in [-0.2, 0) is 31.0 Å². The van der Waals surface area contributed by atoms with Crippen molar-refractivity contribution < 1.29 is 46.6 Å².